The number of nitrogens with two attached hydrogens (primary N) is 1. The van der Waals surface area contributed by atoms with Crippen molar-refractivity contribution in [1.82, 2.24) is 0 Å². The Kier molecular flexibility index (Phi) is 4.85. The zero-order valence-electron chi connectivity index (χ0n) is 10.7. The van der Waals surface area contributed by atoms with Crippen LogP contribution >= 0.6 is 11.6 Å². The van der Waals surface area contributed by atoms with Crippen molar-refractivity contribution in [3.63, 3.8) is 0 Å². The Labute approximate surface area is 122 Å². The predicted molar refractivity (Wildman–Crippen MR) is 77.6 cm³/mol. The zero-order valence-corrected chi connectivity index (χ0v) is 11.5. The maximum atomic E-state index is 11.5. The first-order valence-electron chi connectivity index (χ1n) is 6.02. The number of hydrogen-bond acceptors (Lipinski definition) is 4. The van der Waals surface area contributed by atoms with Gasteiger partial charge in [0.05, 0.1) is 0 Å². The molecule has 0 saturated carbocycles. The first-order chi connectivity index (χ1) is 9.63. The van der Waals surface area contributed by atoms with E-state index in [9.17, 15) is 4.79 Å². The van der Waals surface area contributed by atoms with Crippen LogP contribution in [0, 0.1) is 0 Å². The van der Waals surface area contributed by atoms with Crippen LogP contribution in [0.5, 0.6) is 5.75 Å². The first-order valence-corrected chi connectivity index (χ1v) is 6.40. The van der Waals surface area contributed by atoms with Gasteiger partial charge in [-0.15, -0.1) is 0 Å². The van der Waals surface area contributed by atoms with Crippen LogP contribution in [0.2, 0.25) is 5.02 Å². The average molecular weight is 292 g/mol. The van der Waals surface area contributed by atoms with E-state index in [-0.39, 0.29) is 13.2 Å². The van der Waals surface area contributed by atoms with E-state index in [4.69, 9.17) is 26.8 Å². The topological polar surface area (TPSA) is 61.5 Å². The zero-order chi connectivity index (χ0) is 14.4. The van der Waals surface area contributed by atoms with Crippen LogP contribution in [0.25, 0.3) is 0 Å². The number of esters is 1. The molecule has 2 N–H and O–H groups in total. The van der Waals surface area contributed by atoms with E-state index >= 15 is 0 Å². The number of halogens is 1. The largest absolute Gasteiger partial charge is 0.482 e. The lowest BCUT2D eigenvalue weighted by Crippen LogP contribution is -2.14. The lowest BCUT2D eigenvalue weighted by atomic mass is 10.2. The summed E-state index contributed by atoms with van der Waals surface area (Å²) in [5.41, 5.74) is 7.02. The van der Waals surface area contributed by atoms with Gasteiger partial charge in [-0.1, -0.05) is 23.7 Å². The molecular weight excluding hydrogens is 278 g/mol. The Morgan fingerprint density at radius 2 is 1.90 bits per heavy atom. The molecule has 0 atom stereocenters. The maximum Gasteiger partial charge on any atom is 0.344 e. The van der Waals surface area contributed by atoms with Crippen LogP contribution in [-0.4, -0.2) is 12.6 Å². The summed E-state index contributed by atoms with van der Waals surface area (Å²) in [6, 6.07) is 13.9. The summed E-state index contributed by atoms with van der Waals surface area (Å²) in [7, 11) is 0. The van der Waals surface area contributed by atoms with Crippen molar-refractivity contribution in [1.29, 1.82) is 0 Å². The van der Waals surface area contributed by atoms with Crippen LogP contribution in [0.1, 0.15) is 5.56 Å². The fourth-order valence-electron chi connectivity index (χ4n) is 1.54. The molecule has 5 heteroatoms. The predicted octanol–water partition coefficient (Wildman–Crippen LogP) is 3.04. The van der Waals surface area contributed by atoms with Crippen molar-refractivity contribution in [2.45, 2.75) is 6.61 Å². The smallest absolute Gasteiger partial charge is 0.344 e. The summed E-state index contributed by atoms with van der Waals surface area (Å²) < 4.78 is 10.4. The molecule has 2 aromatic rings. The Morgan fingerprint density at radius 1 is 1.15 bits per heavy atom. The van der Waals surface area contributed by atoms with Crippen molar-refractivity contribution >= 4 is 23.3 Å². The minimum Gasteiger partial charge on any atom is -0.482 e. The van der Waals surface area contributed by atoms with Crippen molar-refractivity contribution < 1.29 is 14.3 Å². The summed E-state index contributed by atoms with van der Waals surface area (Å²) in [6.07, 6.45) is 0. The SMILES string of the molecule is Nc1ccc(OCC(=O)OCc2cccc(Cl)c2)cc1. The van der Waals surface area contributed by atoms with Gasteiger partial charge in [-0.2, -0.15) is 0 Å². The normalized spacial score (nSPS) is 10.1. The molecule has 0 spiro atoms. The molecule has 0 amide bonds. The maximum absolute atomic E-state index is 11.5. The summed E-state index contributed by atoms with van der Waals surface area (Å²) in [6.45, 7) is 0.0228. The average Bonchev–Trinajstić information content (AvgIpc) is 2.45. The lowest BCUT2D eigenvalue weighted by Gasteiger charge is -2.07. The van der Waals surface area contributed by atoms with Crippen molar-refractivity contribution in [2.75, 3.05) is 12.3 Å². The number of carbonyl (C=O) groups excluding carboxylic acids is 1. The van der Waals surface area contributed by atoms with Gasteiger partial charge in [-0.3, -0.25) is 0 Å². The Morgan fingerprint density at radius 3 is 2.60 bits per heavy atom. The molecule has 0 aliphatic heterocycles. The quantitative estimate of drug-likeness (QED) is 0.679. The highest BCUT2D eigenvalue weighted by atomic mass is 35.5. The molecule has 0 aromatic heterocycles. The Balaban J connectivity index is 1.77. The van der Waals surface area contributed by atoms with Crippen molar-refractivity contribution in [3.8, 4) is 5.75 Å². The molecule has 0 bridgehead atoms. The lowest BCUT2D eigenvalue weighted by molar-refractivity contribution is -0.147. The second-order valence-corrected chi connectivity index (χ2v) is 4.58. The summed E-state index contributed by atoms with van der Waals surface area (Å²) in [4.78, 5) is 11.5. The number of rotatable bonds is 5. The Hall–Kier alpha value is -2.20. The highest BCUT2D eigenvalue weighted by Gasteiger charge is 2.05. The number of benzene rings is 2. The highest BCUT2D eigenvalue weighted by Crippen LogP contribution is 2.14. The standard InChI is InChI=1S/C15H14ClNO3/c16-12-3-1-2-11(8-12)9-20-15(18)10-19-14-6-4-13(17)5-7-14/h1-8H,9-10,17H2. The minimum absolute atomic E-state index is 0.148. The van der Waals surface area contributed by atoms with E-state index in [1.807, 2.05) is 6.07 Å². The van der Waals surface area contributed by atoms with Gasteiger partial charge in [0.15, 0.2) is 6.61 Å². The van der Waals surface area contributed by atoms with Gasteiger partial charge in [-0.05, 0) is 42.0 Å². The number of carbonyl (C=O) groups is 1. The van der Waals surface area contributed by atoms with Gasteiger partial charge >= 0.3 is 5.97 Å². The van der Waals surface area contributed by atoms with Crippen molar-refractivity contribution in [2.24, 2.45) is 0 Å². The second-order valence-electron chi connectivity index (χ2n) is 4.15. The second kappa shape index (κ2) is 6.82. The molecule has 0 fully saturated rings. The van der Waals surface area contributed by atoms with Gasteiger partial charge < -0.3 is 15.2 Å². The molecule has 0 heterocycles. The number of anilines is 1. The molecular formula is C15H14ClNO3. The Bertz CT molecular complexity index is 584. The van der Waals surface area contributed by atoms with Crippen LogP contribution in [0.4, 0.5) is 5.69 Å². The fourth-order valence-corrected chi connectivity index (χ4v) is 1.75. The van der Waals surface area contributed by atoms with Crippen LogP contribution in [0.3, 0.4) is 0 Å². The molecule has 4 nitrogen and oxygen atoms in total. The van der Waals surface area contributed by atoms with E-state index in [1.165, 1.54) is 0 Å². The highest BCUT2D eigenvalue weighted by molar-refractivity contribution is 6.30. The molecule has 0 aliphatic rings. The molecule has 104 valence electrons. The van der Waals surface area contributed by atoms with Crippen LogP contribution in [-0.2, 0) is 16.1 Å². The summed E-state index contributed by atoms with van der Waals surface area (Å²) in [5, 5.41) is 0.608. The van der Waals surface area contributed by atoms with Crippen LogP contribution in [0.15, 0.2) is 48.5 Å². The third kappa shape index (κ3) is 4.48. The van der Waals surface area contributed by atoms with Gasteiger partial charge in [0.2, 0.25) is 0 Å². The number of hydrogen-bond donors (Lipinski definition) is 1. The van der Waals surface area contributed by atoms with E-state index in [1.54, 1.807) is 42.5 Å². The minimum atomic E-state index is -0.443. The number of ether oxygens (including phenoxy) is 2. The molecule has 0 saturated heterocycles. The molecule has 0 radical (unpaired) electrons. The summed E-state index contributed by atoms with van der Waals surface area (Å²) in [5.74, 6) is 0.126. The molecule has 2 aromatic carbocycles. The molecule has 20 heavy (non-hydrogen) atoms. The fraction of sp³-hybridized carbons (Fsp3) is 0.133. The first kappa shape index (κ1) is 14.2. The van der Waals surface area contributed by atoms with Gasteiger partial charge in [0.25, 0.3) is 0 Å². The van der Waals surface area contributed by atoms with Gasteiger partial charge in [0.1, 0.15) is 12.4 Å². The van der Waals surface area contributed by atoms with Crippen LogP contribution < -0.4 is 10.5 Å². The molecule has 0 aliphatic carbocycles. The number of nitrogen functional groups attached to an aromatic ring is 1. The van der Waals surface area contributed by atoms with Gasteiger partial charge in [-0.25, -0.2) is 4.79 Å². The third-order valence-corrected chi connectivity index (χ3v) is 2.76. The van der Waals surface area contributed by atoms with Gasteiger partial charge in [0, 0.05) is 10.7 Å². The van der Waals surface area contributed by atoms with E-state index in [0.29, 0.717) is 16.5 Å². The molecule has 2 rings (SSSR count). The van der Waals surface area contributed by atoms with Crippen molar-refractivity contribution in [3.05, 3.63) is 59.1 Å². The van der Waals surface area contributed by atoms with E-state index in [2.05, 4.69) is 0 Å². The summed E-state index contributed by atoms with van der Waals surface area (Å²) >= 11 is 5.84. The third-order valence-electron chi connectivity index (χ3n) is 2.53. The van der Waals surface area contributed by atoms with E-state index < -0.39 is 5.97 Å². The van der Waals surface area contributed by atoms with E-state index in [0.717, 1.165) is 5.56 Å². The monoisotopic (exact) mass is 291 g/mol. The molecule has 0 unspecified atom stereocenters.